The van der Waals surface area contributed by atoms with E-state index in [1.807, 2.05) is 60.8 Å². The van der Waals surface area contributed by atoms with Crippen LogP contribution >= 0.6 is 34.4 Å². The average Bonchev–Trinajstić information content (AvgIpc) is 3.42. The van der Waals surface area contributed by atoms with E-state index in [1.165, 1.54) is 11.8 Å². The minimum atomic E-state index is -0.0244. The molecule has 0 spiro atoms. The lowest BCUT2D eigenvalue weighted by molar-refractivity contribution is -0.118. The van der Waals surface area contributed by atoms with Crippen molar-refractivity contribution in [2.24, 2.45) is 0 Å². The summed E-state index contributed by atoms with van der Waals surface area (Å²) in [7, 11) is 0. The highest BCUT2D eigenvalue weighted by Gasteiger charge is 2.14. The van der Waals surface area contributed by atoms with Crippen LogP contribution in [0.15, 0.2) is 65.0 Å². The Hall–Kier alpha value is -2.55. The first kappa shape index (κ1) is 19.8. The summed E-state index contributed by atoms with van der Waals surface area (Å²) in [5.74, 6) is 0.284. The molecule has 1 amide bonds. The maximum Gasteiger partial charge on any atom is 0.230 e. The zero-order valence-corrected chi connectivity index (χ0v) is 18.1. The van der Waals surface area contributed by atoms with Crippen molar-refractivity contribution in [1.29, 1.82) is 0 Å². The maximum absolute atomic E-state index is 12.1. The number of amides is 1. The lowest BCUT2D eigenvalue weighted by atomic mass is 10.2. The first-order valence-electron chi connectivity index (χ1n) is 8.98. The summed E-state index contributed by atoms with van der Waals surface area (Å²) in [6.07, 6.45) is 0. The van der Waals surface area contributed by atoms with Crippen molar-refractivity contribution in [3.8, 4) is 20.5 Å². The standard InChI is InChI=1S/C21H18N4OS3/c1-14-20(29-21(23-14)17-8-5-11-27-17)16-9-10-19(25-24-16)28-13-18(26)22-12-15-6-3-2-4-7-15/h2-11H,12-13H2,1H3,(H,22,26). The van der Waals surface area contributed by atoms with E-state index in [9.17, 15) is 4.79 Å². The fraction of sp³-hybridized carbons (Fsp3) is 0.143. The van der Waals surface area contributed by atoms with Crippen LogP contribution in [0.25, 0.3) is 20.5 Å². The number of thiophene rings is 1. The second kappa shape index (κ2) is 9.30. The summed E-state index contributed by atoms with van der Waals surface area (Å²) >= 11 is 4.68. The fourth-order valence-corrected chi connectivity index (χ4v) is 5.12. The van der Waals surface area contributed by atoms with Crippen molar-refractivity contribution in [1.82, 2.24) is 20.5 Å². The molecule has 8 heteroatoms. The fourth-order valence-electron chi connectivity index (χ4n) is 2.64. The molecule has 1 N–H and O–H groups in total. The van der Waals surface area contributed by atoms with Crippen LogP contribution in [0.3, 0.4) is 0 Å². The molecular weight excluding hydrogens is 420 g/mol. The number of hydrogen-bond acceptors (Lipinski definition) is 7. The van der Waals surface area contributed by atoms with E-state index in [0.29, 0.717) is 12.3 Å². The third-order valence-corrected chi connectivity index (χ3v) is 7.22. The Balaban J connectivity index is 1.34. The third kappa shape index (κ3) is 5.09. The largest absolute Gasteiger partial charge is 0.351 e. The molecule has 5 nitrogen and oxygen atoms in total. The number of carbonyl (C=O) groups is 1. The second-order valence-electron chi connectivity index (χ2n) is 6.22. The van der Waals surface area contributed by atoms with Gasteiger partial charge in [0, 0.05) is 6.54 Å². The Morgan fingerprint density at radius 1 is 1.07 bits per heavy atom. The number of thioether (sulfide) groups is 1. The predicted octanol–water partition coefficient (Wildman–Crippen LogP) is 5.05. The van der Waals surface area contributed by atoms with E-state index < -0.39 is 0 Å². The highest BCUT2D eigenvalue weighted by atomic mass is 32.2. The number of aromatic nitrogens is 3. The molecule has 0 unspecified atom stereocenters. The lowest BCUT2D eigenvalue weighted by Crippen LogP contribution is -2.24. The summed E-state index contributed by atoms with van der Waals surface area (Å²) in [6.45, 7) is 2.52. The Morgan fingerprint density at radius 2 is 1.93 bits per heavy atom. The van der Waals surface area contributed by atoms with E-state index >= 15 is 0 Å². The van der Waals surface area contributed by atoms with Gasteiger partial charge in [-0.1, -0.05) is 48.2 Å². The first-order chi connectivity index (χ1) is 14.2. The molecule has 3 aromatic heterocycles. The minimum absolute atomic E-state index is 0.0244. The zero-order valence-electron chi connectivity index (χ0n) is 15.7. The van der Waals surface area contributed by atoms with Crippen molar-refractivity contribution in [3.63, 3.8) is 0 Å². The summed E-state index contributed by atoms with van der Waals surface area (Å²) in [5.41, 5.74) is 2.84. The van der Waals surface area contributed by atoms with Gasteiger partial charge in [-0.3, -0.25) is 4.79 Å². The monoisotopic (exact) mass is 438 g/mol. The van der Waals surface area contributed by atoms with E-state index in [0.717, 1.165) is 36.7 Å². The highest BCUT2D eigenvalue weighted by molar-refractivity contribution is 7.99. The molecule has 146 valence electrons. The number of benzene rings is 1. The van der Waals surface area contributed by atoms with Crippen LogP contribution < -0.4 is 5.32 Å². The SMILES string of the molecule is Cc1nc(-c2cccs2)sc1-c1ccc(SCC(=O)NCc2ccccc2)nn1. The topological polar surface area (TPSA) is 67.8 Å². The van der Waals surface area contributed by atoms with Crippen molar-refractivity contribution in [2.45, 2.75) is 18.5 Å². The number of nitrogens with zero attached hydrogens (tertiary/aromatic N) is 3. The van der Waals surface area contributed by atoms with E-state index in [2.05, 4.69) is 26.6 Å². The smallest absolute Gasteiger partial charge is 0.230 e. The van der Waals surface area contributed by atoms with Gasteiger partial charge in [-0.2, -0.15) is 0 Å². The van der Waals surface area contributed by atoms with Crippen LogP contribution in [0, 0.1) is 6.92 Å². The van der Waals surface area contributed by atoms with Crippen LogP contribution in [0.5, 0.6) is 0 Å². The Bertz CT molecular complexity index is 1080. The van der Waals surface area contributed by atoms with Gasteiger partial charge in [-0.05, 0) is 36.1 Å². The first-order valence-corrected chi connectivity index (χ1v) is 11.7. The molecule has 0 aliphatic heterocycles. The normalized spacial score (nSPS) is 10.8. The molecular formula is C21H18N4OS3. The molecule has 0 bridgehead atoms. The van der Waals surface area contributed by atoms with Crippen LogP contribution in [0.2, 0.25) is 0 Å². The zero-order chi connectivity index (χ0) is 20.1. The molecule has 3 heterocycles. The highest BCUT2D eigenvalue weighted by Crippen LogP contribution is 2.36. The third-order valence-electron chi connectivity index (χ3n) is 4.08. The van der Waals surface area contributed by atoms with Crippen molar-refractivity contribution < 1.29 is 4.79 Å². The van der Waals surface area contributed by atoms with Crippen LogP contribution in [0.4, 0.5) is 0 Å². The number of rotatable bonds is 7. The number of nitrogens with one attached hydrogen (secondary N) is 1. The molecule has 0 saturated carbocycles. The molecule has 0 atom stereocenters. The summed E-state index contributed by atoms with van der Waals surface area (Å²) < 4.78 is 0. The lowest BCUT2D eigenvalue weighted by Gasteiger charge is -2.05. The summed E-state index contributed by atoms with van der Waals surface area (Å²) in [5, 5.41) is 15.3. The predicted molar refractivity (Wildman–Crippen MR) is 120 cm³/mol. The van der Waals surface area contributed by atoms with Gasteiger partial charge in [0.05, 0.1) is 21.2 Å². The van der Waals surface area contributed by atoms with Gasteiger partial charge in [0.2, 0.25) is 5.91 Å². The van der Waals surface area contributed by atoms with Gasteiger partial charge in [0.15, 0.2) is 0 Å². The second-order valence-corrected chi connectivity index (χ2v) is 9.16. The molecule has 0 radical (unpaired) electrons. The number of hydrogen-bond donors (Lipinski definition) is 1. The van der Waals surface area contributed by atoms with Crippen molar-refractivity contribution in [3.05, 3.63) is 71.2 Å². The van der Waals surface area contributed by atoms with Gasteiger partial charge < -0.3 is 5.32 Å². The number of carbonyl (C=O) groups excluding carboxylic acids is 1. The van der Waals surface area contributed by atoms with Gasteiger partial charge in [0.1, 0.15) is 15.7 Å². The van der Waals surface area contributed by atoms with Crippen LogP contribution in [0.1, 0.15) is 11.3 Å². The molecule has 0 saturated heterocycles. The molecule has 29 heavy (non-hydrogen) atoms. The summed E-state index contributed by atoms with van der Waals surface area (Å²) in [6, 6.07) is 17.8. The van der Waals surface area contributed by atoms with Gasteiger partial charge >= 0.3 is 0 Å². The molecule has 0 aliphatic rings. The van der Waals surface area contributed by atoms with Crippen molar-refractivity contribution >= 4 is 40.3 Å². The van der Waals surface area contributed by atoms with Gasteiger partial charge in [0.25, 0.3) is 0 Å². The van der Waals surface area contributed by atoms with Gasteiger partial charge in [-0.15, -0.1) is 32.9 Å². The Morgan fingerprint density at radius 3 is 2.66 bits per heavy atom. The number of thiazole rings is 1. The molecule has 0 fully saturated rings. The van der Waals surface area contributed by atoms with E-state index in [-0.39, 0.29) is 5.91 Å². The number of aryl methyl sites for hydroxylation is 1. The maximum atomic E-state index is 12.1. The van der Waals surface area contributed by atoms with E-state index in [4.69, 9.17) is 0 Å². The molecule has 1 aromatic carbocycles. The quantitative estimate of drug-likeness (QED) is 0.409. The Labute approximate surface area is 181 Å². The molecule has 4 rings (SSSR count). The van der Waals surface area contributed by atoms with Crippen LogP contribution in [-0.2, 0) is 11.3 Å². The molecule has 4 aromatic rings. The van der Waals surface area contributed by atoms with Crippen molar-refractivity contribution in [2.75, 3.05) is 5.75 Å². The van der Waals surface area contributed by atoms with E-state index in [1.54, 1.807) is 22.7 Å². The van der Waals surface area contributed by atoms with Crippen LogP contribution in [-0.4, -0.2) is 26.8 Å². The summed E-state index contributed by atoms with van der Waals surface area (Å²) in [4.78, 5) is 18.9. The molecule has 0 aliphatic carbocycles. The Kier molecular flexibility index (Phi) is 6.33. The van der Waals surface area contributed by atoms with Gasteiger partial charge in [-0.25, -0.2) is 4.98 Å². The average molecular weight is 439 g/mol. The minimum Gasteiger partial charge on any atom is -0.351 e.